The van der Waals surface area contributed by atoms with Gasteiger partial charge in [-0.3, -0.25) is 10.1 Å². The number of rotatable bonds is 5. The Morgan fingerprint density at radius 3 is 2.80 bits per heavy atom. The predicted octanol–water partition coefficient (Wildman–Crippen LogP) is 1.96. The Labute approximate surface area is 115 Å². The quantitative estimate of drug-likeness (QED) is 0.660. The second-order valence-electron chi connectivity index (χ2n) is 4.71. The molecule has 3 unspecified atom stereocenters. The second kappa shape index (κ2) is 5.72. The van der Waals surface area contributed by atoms with Crippen LogP contribution >= 0.6 is 0 Å². The minimum atomic E-state index is -0.793. The maximum atomic E-state index is 13.8. The molecule has 0 spiro atoms. The van der Waals surface area contributed by atoms with Crippen LogP contribution in [-0.4, -0.2) is 34.9 Å². The molecule has 1 aliphatic carbocycles. The highest BCUT2D eigenvalue weighted by Crippen LogP contribution is 2.33. The van der Waals surface area contributed by atoms with E-state index in [0.29, 0.717) is 18.6 Å². The summed E-state index contributed by atoms with van der Waals surface area (Å²) in [6, 6.07) is 2.14. The molecule has 0 aliphatic heterocycles. The number of halogens is 1. The van der Waals surface area contributed by atoms with Gasteiger partial charge in [0.1, 0.15) is 12.2 Å². The lowest BCUT2D eigenvalue weighted by Gasteiger charge is -2.40. The Morgan fingerprint density at radius 1 is 1.55 bits per heavy atom. The molecule has 2 rings (SSSR count). The van der Waals surface area contributed by atoms with Crippen molar-refractivity contribution in [1.29, 1.82) is 0 Å². The number of nitro benzene ring substituents is 1. The summed E-state index contributed by atoms with van der Waals surface area (Å²) >= 11 is 0. The zero-order valence-corrected chi connectivity index (χ0v) is 11.2. The third-order valence-corrected chi connectivity index (χ3v) is 3.30. The van der Waals surface area contributed by atoms with Crippen molar-refractivity contribution in [2.75, 3.05) is 6.61 Å². The summed E-state index contributed by atoms with van der Waals surface area (Å²) in [7, 11) is 0. The van der Waals surface area contributed by atoms with Crippen molar-refractivity contribution >= 4 is 5.69 Å². The van der Waals surface area contributed by atoms with Crippen LogP contribution in [-0.2, 0) is 4.74 Å². The normalized spacial score (nSPS) is 25.1. The Hall–Kier alpha value is -1.73. The first-order valence-corrected chi connectivity index (χ1v) is 6.35. The van der Waals surface area contributed by atoms with Gasteiger partial charge < -0.3 is 14.6 Å². The molecule has 0 aromatic heterocycles. The molecule has 1 fully saturated rings. The predicted molar refractivity (Wildman–Crippen MR) is 68.2 cm³/mol. The number of nitro groups is 1. The van der Waals surface area contributed by atoms with Gasteiger partial charge in [-0.15, -0.1) is 0 Å². The molecule has 1 saturated carbocycles. The van der Waals surface area contributed by atoms with Crippen LogP contribution in [0.4, 0.5) is 10.1 Å². The summed E-state index contributed by atoms with van der Waals surface area (Å²) < 4.78 is 24.5. The monoisotopic (exact) mass is 285 g/mol. The number of nitrogens with zero attached hydrogens (tertiary/aromatic N) is 1. The molecule has 6 nitrogen and oxygen atoms in total. The molecule has 110 valence electrons. The highest BCUT2D eigenvalue weighted by Gasteiger charge is 2.43. The first-order chi connectivity index (χ1) is 9.43. The smallest absolute Gasteiger partial charge is 0.275 e. The van der Waals surface area contributed by atoms with E-state index in [0.717, 1.165) is 6.07 Å². The molecule has 1 aromatic rings. The first kappa shape index (κ1) is 14.7. The van der Waals surface area contributed by atoms with Crippen molar-refractivity contribution in [1.82, 2.24) is 0 Å². The van der Waals surface area contributed by atoms with Gasteiger partial charge in [0.25, 0.3) is 5.69 Å². The van der Waals surface area contributed by atoms with Crippen molar-refractivity contribution in [2.24, 2.45) is 0 Å². The summed E-state index contributed by atoms with van der Waals surface area (Å²) in [5, 5.41) is 20.2. The third kappa shape index (κ3) is 2.73. The molecule has 0 radical (unpaired) electrons. The van der Waals surface area contributed by atoms with E-state index in [-0.39, 0.29) is 11.4 Å². The Morgan fingerprint density at radius 2 is 2.25 bits per heavy atom. The molecule has 20 heavy (non-hydrogen) atoms. The lowest BCUT2D eigenvalue weighted by atomic mass is 9.88. The first-order valence-electron chi connectivity index (χ1n) is 6.35. The Bertz CT molecular complexity index is 522. The summed E-state index contributed by atoms with van der Waals surface area (Å²) in [5.74, 6) is -0.853. The molecular weight excluding hydrogens is 269 g/mol. The van der Waals surface area contributed by atoms with Gasteiger partial charge in [0.15, 0.2) is 11.6 Å². The SMILES string of the molecule is CCOC1C(O)CC1Oc1cc(C)c([N+](=O)[O-])cc1F. The van der Waals surface area contributed by atoms with E-state index < -0.39 is 29.1 Å². The fourth-order valence-electron chi connectivity index (χ4n) is 2.18. The summed E-state index contributed by atoms with van der Waals surface area (Å²) in [6.45, 7) is 3.72. The molecule has 1 aromatic carbocycles. The molecule has 7 heteroatoms. The van der Waals surface area contributed by atoms with E-state index in [1.54, 1.807) is 6.92 Å². The van der Waals surface area contributed by atoms with Crippen LogP contribution in [0, 0.1) is 22.9 Å². The molecule has 0 saturated heterocycles. The Balaban J connectivity index is 2.14. The lowest BCUT2D eigenvalue weighted by Crippen LogP contribution is -2.55. The summed E-state index contributed by atoms with van der Waals surface area (Å²) in [4.78, 5) is 10.1. The van der Waals surface area contributed by atoms with E-state index >= 15 is 0 Å². The van der Waals surface area contributed by atoms with Crippen LogP contribution in [0.5, 0.6) is 5.75 Å². The molecule has 3 atom stereocenters. The standard InChI is InChI=1S/C13H16FNO5/c1-3-19-13-10(16)6-12(13)20-11-4-7(2)9(15(17)18)5-8(11)14/h4-5,10,12-13,16H,3,6H2,1-2H3. The topological polar surface area (TPSA) is 81.8 Å². The van der Waals surface area contributed by atoms with Crippen LogP contribution < -0.4 is 4.74 Å². The molecule has 0 heterocycles. The van der Waals surface area contributed by atoms with Crippen molar-refractivity contribution in [3.63, 3.8) is 0 Å². The van der Waals surface area contributed by atoms with E-state index in [4.69, 9.17) is 9.47 Å². The minimum absolute atomic E-state index is 0.0605. The molecule has 0 bridgehead atoms. The van der Waals surface area contributed by atoms with Gasteiger partial charge in [0.05, 0.1) is 17.1 Å². The zero-order chi connectivity index (χ0) is 14.9. The van der Waals surface area contributed by atoms with Crippen molar-refractivity contribution in [3.05, 3.63) is 33.6 Å². The number of aliphatic hydroxyl groups excluding tert-OH is 1. The van der Waals surface area contributed by atoms with Crippen molar-refractivity contribution < 1.29 is 23.9 Å². The fourth-order valence-corrected chi connectivity index (χ4v) is 2.18. The van der Waals surface area contributed by atoms with Crippen LogP contribution in [0.2, 0.25) is 0 Å². The highest BCUT2D eigenvalue weighted by molar-refractivity contribution is 5.45. The highest BCUT2D eigenvalue weighted by atomic mass is 19.1. The van der Waals surface area contributed by atoms with Crippen LogP contribution in [0.15, 0.2) is 12.1 Å². The number of benzene rings is 1. The third-order valence-electron chi connectivity index (χ3n) is 3.30. The average Bonchev–Trinajstić information content (AvgIpc) is 2.38. The van der Waals surface area contributed by atoms with Gasteiger partial charge in [-0.1, -0.05) is 0 Å². The number of aliphatic hydroxyl groups is 1. The van der Waals surface area contributed by atoms with Gasteiger partial charge in [0, 0.05) is 18.6 Å². The van der Waals surface area contributed by atoms with Gasteiger partial charge in [-0.25, -0.2) is 4.39 Å². The molecule has 0 amide bonds. The largest absolute Gasteiger partial charge is 0.484 e. The Kier molecular flexibility index (Phi) is 4.20. The maximum absolute atomic E-state index is 13.8. The molecular formula is C13H16FNO5. The van der Waals surface area contributed by atoms with Crippen molar-refractivity contribution in [2.45, 2.75) is 38.6 Å². The minimum Gasteiger partial charge on any atom is -0.484 e. The number of hydrogen-bond acceptors (Lipinski definition) is 5. The molecule has 1 aliphatic rings. The molecule has 1 N–H and O–H groups in total. The lowest BCUT2D eigenvalue weighted by molar-refractivity contribution is -0.385. The average molecular weight is 285 g/mol. The maximum Gasteiger partial charge on any atom is 0.275 e. The summed E-state index contributed by atoms with van der Waals surface area (Å²) in [6.07, 6.45) is -1.21. The second-order valence-corrected chi connectivity index (χ2v) is 4.71. The van der Waals surface area contributed by atoms with E-state index in [1.165, 1.54) is 13.0 Å². The fraction of sp³-hybridized carbons (Fsp3) is 0.538. The van der Waals surface area contributed by atoms with Gasteiger partial charge >= 0.3 is 0 Å². The van der Waals surface area contributed by atoms with Crippen LogP contribution in [0.25, 0.3) is 0 Å². The van der Waals surface area contributed by atoms with Crippen LogP contribution in [0.3, 0.4) is 0 Å². The van der Waals surface area contributed by atoms with Crippen LogP contribution in [0.1, 0.15) is 18.9 Å². The zero-order valence-electron chi connectivity index (χ0n) is 11.2. The number of hydrogen-bond donors (Lipinski definition) is 1. The number of ether oxygens (including phenoxy) is 2. The van der Waals surface area contributed by atoms with E-state index in [1.807, 2.05) is 0 Å². The van der Waals surface area contributed by atoms with E-state index in [2.05, 4.69) is 0 Å². The van der Waals surface area contributed by atoms with Gasteiger partial charge in [-0.05, 0) is 19.9 Å². The van der Waals surface area contributed by atoms with Gasteiger partial charge in [0.2, 0.25) is 0 Å². The summed E-state index contributed by atoms with van der Waals surface area (Å²) in [5.41, 5.74) is 0.0316. The van der Waals surface area contributed by atoms with Gasteiger partial charge in [-0.2, -0.15) is 0 Å². The van der Waals surface area contributed by atoms with Crippen molar-refractivity contribution in [3.8, 4) is 5.75 Å². The number of aryl methyl sites for hydroxylation is 1. The van der Waals surface area contributed by atoms with E-state index in [9.17, 15) is 19.6 Å².